The smallest absolute Gasteiger partial charge is 0.254 e. The Kier molecular flexibility index (Phi) is 5.67. The number of carbonyl (C=O) groups excluding carboxylic acids is 1. The van der Waals surface area contributed by atoms with Crippen molar-refractivity contribution in [2.75, 3.05) is 32.7 Å². The van der Waals surface area contributed by atoms with E-state index in [9.17, 15) is 4.79 Å². The zero-order valence-corrected chi connectivity index (χ0v) is 15.1. The lowest BCUT2D eigenvalue weighted by molar-refractivity contribution is 0.0649. The SMILES string of the molecule is Cc1ccc(C(=O)N2CCN(C/C=C/c3ccccc3)CC2)c(C)c1. The van der Waals surface area contributed by atoms with Gasteiger partial charge in [0.05, 0.1) is 0 Å². The maximum Gasteiger partial charge on any atom is 0.254 e. The molecule has 2 aromatic rings. The van der Waals surface area contributed by atoms with E-state index in [-0.39, 0.29) is 5.91 Å². The Labute approximate surface area is 150 Å². The molecule has 25 heavy (non-hydrogen) atoms. The Morgan fingerprint density at radius 2 is 1.72 bits per heavy atom. The average Bonchev–Trinajstić information content (AvgIpc) is 2.63. The van der Waals surface area contributed by atoms with Gasteiger partial charge in [-0.15, -0.1) is 0 Å². The highest BCUT2D eigenvalue weighted by Gasteiger charge is 2.22. The van der Waals surface area contributed by atoms with Crippen LogP contribution >= 0.6 is 0 Å². The minimum absolute atomic E-state index is 0.164. The van der Waals surface area contributed by atoms with Crippen molar-refractivity contribution in [3.05, 3.63) is 76.9 Å². The molecule has 1 fully saturated rings. The van der Waals surface area contributed by atoms with Gasteiger partial charge >= 0.3 is 0 Å². The van der Waals surface area contributed by atoms with Crippen molar-refractivity contribution < 1.29 is 4.79 Å². The van der Waals surface area contributed by atoms with Crippen LogP contribution in [0, 0.1) is 13.8 Å². The molecule has 1 aliphatic rings. The van der Waals surface area contributed by atoms with E-state index < -0.39 is 0 Å². The molecule has 1 saturated heterocycles. The van der Waals surface area contributed by atoms with E-state index in [1.54, 1.807) is 0 Å². The Bertz CT molecular complexity index is 744. The number of amides is 1. The molecule has 0 atom stereocenters. The van der Waals surface area contributed by atoms with Crippen LogP contribution in [0.5, 0.6) is 0 Å². The van der Waals surface area contributed by atoms with Gasteiger partial charge in [0.1, 0.15) is 0 Å². The highest BCUT2D eigenvalue weighted by molar-refractivity contribution is 5.95. The number of rotatable bonds is 4. The van der Waals surface area contributed by atoms with Gasteiger partial charge in [-0.05, 0) is 31.0 Å². The number of benzene rings is 2. The van der Waals surface area contributed by atoms with E-state index in [4.69, 9.17) is 0 Å². The lowest BCUT2D eigenvalue weighted by atomic mass is 10.0. The first-order valence-electron chi connectivity index (χ1n) is 8.94. The van der Waals surface area contributed by atoms with E-state index in [0.29, 0.717) is 0 Å². The Balaban J connectivity index is 1.51. The lowest BCUT2D eigenvalue weighted by Gasteiger charge is -2.34. The topological polar surface area (TPSA) is 23.6 Å². The van der Waals surface area contributed by atoms with E-state index in [2.05, 4.69) is 54.3 Å². The highest BCUT2D eigenvalue weighted by atomic mass is 16.2. The maximum absolute atomic E-state index is 12.7. The zero-order chi connectivity index (χ0) is 17.6. The molecule has 0 radical (unpaired) electrons. The van der Waals surface area contributed by atoms with E-state index in [0.717, 1.165) is 43.9 Å². The van der Waals surface area contributed by atoms with Crippen molar-refractivity contribution in [2.24, 2.45) is 0 Å². The summed E-state index contributed by atoms with van der Waals surface area (Å²) in [5.41, 5.74) is 4.33. The third-order valence-electron chi connectivity index (χ3n) is 4.75. The fourth-order valence-corrected chi connectivity index (χ4v) is 3.26. The Morgan fingerprint density at radius 3 is 2.40 bits per heavy atom. The molecule has 3 nitrogen and oxygen atoms in total. The molecule has 0 saturated carbocycles. The van der Waals surface area contributed by atoms with Gasteiger partial charge < -0.3 is 4.90 Å². The summed E-state index contributed by atoms with van der Waals surface area (Å²) >= 11 is 0. The van der Waals surface area contributed by atoms with Gasteiger partial charge in [0.15, 0.2) is 0 Å². The summed E-state index contributed by atoms with van der Waals surface area (Å²) < 4.78 is 0. The summed E-state index contributed by atoms with van der Waals surface area (Å²) in [6, 6.07) is 16.4. The van der Waals surface area contributed by atoms with E-state index in [1.807, 2.05) is 30.0 Å². The summed E-state index contributed by atoms with van der Waals surface area (Å²) in [5.74, 6) is 0.164. The van der Waals surface area contributed by atoms with Crippen molar-refractivity contribution in [1.29, 1.82) is 0 Å². The minimum atomic E-state index is 0.164. The zero-order valence-electron chi connectivity index (χ0n) is 15.1. The molecule has 1 amide bonds. The van der Waals surface area contributed by atoms with Crippen LogP contribution in [-0.2, 0) is 0 Å². The van der Waals surface area contributed by atoms with Gasteiger partial charge in [-0.1, -0.05) is 60.2 Å². The van der Waals surface area contributed by atoms with E-state index in [1.165, 1.54) is 11.1 Å². The molecule has 0 N–H and O–H groups in total. The third kappa shape index (κ3) is 4.58. The summed E-state index contributed by atoms with van der Waals surface area (Å²) in [4.78, 5) is 17.1. The van der Waals surface area contributed by atoms with Crippen molar-refractivity contribution in [1.82, 2.24) is 9.80 Å². The number of piperazine rings is 1. The minimum Gasteiger partial charge on any atom is -0.336 e. The van der Waals surface area contributed by atoms with Gasteiger partial charge in [0.2, 0.25) is 0 Å². The highest BCUT2D eigenvalue weighted by Crippen LogP contribution is 2.15. The average molecular weight is 334 g/mol. The molecule has 0 aromatic heterocycles. The summed E-state index contributed by atoms with van der Waals surface area (Å²) in [7, 11) is 0. The predicted molar refractivity (Wildman–Crippen MR) is 104 cm³/mol. The molecule has 0 spiro atoms. The fraction of sp³-hybridized carbons (Fsp3) is 0.318. The van der Waals surface area contributed by atoms with Crippen molar-refractivity contribution in [2.45, 2.75) is 13.8 Å². The number of hydrogen-bond donors (Lipinski definition) is 0. The van der Waals surface area contributed by atoms with Crippen LogP contribution in [0.4, 0.5) is 0 Å². The molecule has 1 aliphatic heterocycles. The molecule has 0 aliphatic carbocycles. The largest absolute Gasteiger partial charge is 0.336 e. The quantitative estimate of drug-likeness (QED) is 0.850. The van der Waals surface area contributed by atoms with Gasteiger partial charge in [0, 0.05) is 38.3 Å². The summed E-state index contributed by atoms with van der Waals surface area (Å²) in [5, 5.41) is 0. The van der Waals surface area contributed by atoms with Crippen LogP contribution in [0.1, 0.15) is 27.0 Å². The standard InChI is InChI=1S/C22H26N2O/c1-18-10-11-21(19(2)17-18)22(25)24-15-13-23(14-16-24)12-6-9-20-7-4-3-5-8-20/h3-11,17H,12-16H2,1-2H3/b9-6+. The van der Waals surface area contributed by atoms with Gasteiger partial charge in [-0.25, -0.2) is 0 Å². The molecule has 3 heteroatoms. The molecule has 3 rings (SSSR count). The second kappa shape index (κ2) is 8.13. The van der Waals surface area contributed by atoms with Crippen LogP contribution in [0.15, 0.2) is 54.6 Å². The molecule has 0 unspecified atom stereocenters. The van der Waals surface area contributed by atoms with Gasteiger partial charge in [-0.2, -0.15) is 0 Å². The lowest BCUT2D eigenvalue weighted by Crippen LogP contribution is -2.48. The predicted octanol–water partition coefficient (Wildman–Crippen LogP) is 3.77. The maximum atomic E-state index is 12.7. The molecule has 1 heterocycles. The number of carbonyl (C=O) groups is 1. The van der Waals surface area contributed by atoms with Gasteiger partial charge in [-0.3, -0.25) is 9.69 Å². The van der Waals surface area contributed by atoms with Crippen LogP contribution in [0.25, 0.3) is 6.08 Å². The molecular weight excluding hydrogens is 308 g/mol. The van der Waals surface area contributed by atoms with Crippen molar-refractivity contribution in [3.8, 4) is 0 Å². The summed E-state index contributed by atoms with van der Waals surface area (Å²) in [6.45, 7) is 8.45. The Morgan fingerprint density at radius 1 is 1.00 bits per heavy atom. The second-order valence-electron chi connectivity index (χ2n) is 6.72. The number of hydrogen-bond acceptors (Lipinski definition) is 2. The molecule has 2 aromatic carbocycles. The molecular formula is C22H26N2O. The van der Waals surface area contributed by atoms with Crippen LogP contribution in [-0.4, -0.2) is 48.4 Å². The Hall–Kier alpha value is -2.39. The fourth-order valence-electron chi connectivity index (χ4n) is 3.26. The number of nitrogens with zero attached hydrogens (tertiary/aromatic N) is 2. The second-order valence-corrected chi connectivity index (χ2v) is 6.72. The van der Waals surface area contributed by atoms with E-state index >= 15 is 0 Å². The first kappa shape index (κ1) is 17.4. The van der Waals surface area contributed by atoms with Crippen molar-refractivity contribution in [3.63, 3.8) is 0 Å². The van der Waals surface area contributed by atoms with Crippen molar-refractivity contribution >= 4 is 12.0 Å². The van der Waals surface area contributed by atoms with Crippen LogP contribution in [0.2, 0.25) is 0 Å². The van der Waals surface area contributed by atoms with Gasteiger partial charge in [0.25, 0.3) is 5.91 Å². The monoisotopic (exact) mass is 334 g/mol. The molecule has 130 valence electrons. The molecule has 0 bridgehead atoms. The van der Waals surface area contributed by atoms with Crippen LogP contribution < -0.4 is 0 Å². The normalized spacial score (nSPS) is 15.7. The summed E-state index contributed by atoms with van der Waals surface area (Å²) in [6.07, 6.45) is 4.37. The third-order valence-corrected chi connectivity index (χ3v) is 4.75. The number of aryl methyl sites for hydroxylation is 2. The first-order chi connectivity index (χ1) is 12.1. The van der Waals surface area contributed by atoms with Crippen LogP contribution in [0.3, 0.4) is 0 Å². The first-order valence-corrected chi connectivity index (χ1v) is 8.94.